The topological polar surface area (TPSA) is 111 Å². The third-order valence-corrected chi connectivity index (χ3v) is 5.48. The molecule has 1 heterocycles. The highest BCUT2D eigenvalue weighted by Gasteiger charge is 2.19. The number of carbonyl (C=O) groups is 1. The number of hydrogen-bond acceptors (Lipinski definition) is 7. The maximum Gasteiger partial charge on any atom is 0.338 e. The molecular formula is C19H19N3O5S. The van der Waals surface area contributed by atoms with Crippen molar-refractivity contribution in [2.45, 2.75) is 25.3 Å². The molecule has 1 N–H and O–H groups in total. The molecule has 0 radical (unpaired) electrons. The van der Waals surface area contributed by atoms with Gasteiger partial charge in [-0.3, -0.25) is 0 Å². The van der Waals surface area contributed by atoms with Gasteiger partial charge in [-0.1, -0.05) is 35.0 Å². The van der Waals surface area contributed by atoms with Gasteiger partial charge in [0.25, 0.3) is 0 Å². The van der Waals surface area contributed by atoms with Gasteiger partial charge in [-0.05, 0) is 37.6 Å². The van der Waals surface area contributed by atoms with Gasteiger partial charge in [-0.2, -0.15) is 4.98 Å². The van der Waals surface area contributed by atoms with Gasteiger partial charge < -0.3 is 9.26 Å². The summed E-state index contributed by atoms with van der Waals surface area (Å²) in [4.78, 5) is 15.9. The Hall–Kier alpha value is -3.04. The molecule has 0 aliphatic rings. The van der Waals surface area contributed by atoms with Crippen molar-refractivity contribution < 1.29 is 22.5 Å². The van der Waals surface area contributed by atoms with Crippen molar-refractivity contribution in [1.29, 1.82) is 0 Å². The van der Waals surface area contributed by atoms with Gasteiger partial charge in [0.05, 0.1) is 24.1 Å². The number of nitrogens with zero attached hydrogens (tertiary/aromatic N) is 2. The summed E-state index contributed by atoms with van der Waals surface area (Å²) in [6, 6.07) is 11.8. The van der Waals surface area contributed by atoms with Crippen LogP contribution >= 0.6 is 0 Å². The Kier molecular flexibility index (Phi) is 5.57. The van der Waals surface area contributed by atoms with E-state index < -0.39 is 16.0 Å². The van der Waals surface area contributed by atoms with Crippen LogP contribution in [0.1, 0.15) is 27.4 Å². The number of methoxy groups -OCH3 is 1. The zero-order valence-corrected chi connectivity index (χ0v) is 16.4. The monoisotopic (exact) mass is 401 g/mol. The Morgan fingerprint density at radius 2 is 1.96 bits per heavy atom. The van der Waals surface area contributed by atoms with Gasteiger partial charge in [-0.15, -0.1) is 0 Å². The largest absolute Gasteiger partial charge is 0.465 e. The molecule has 3 aromatic rings. The molecule has 0 spiro atoms. The molecule has 146 valence electrons. The average Bonchev–Trinajstić information content (AvgIpc) is 3.15. The number of hydrogen-bond donors (Lipinski definition) is 1. The number of ether oxygens (including phenoxy) is 1. The Morgan fingerprint density at radius 3 is 2.68 bits per heavy atom. The number of aromatic nitrogens is 2. The molecule has 0 atom stereocenters. The second kappa shape index (κ2) is 7.91. The smallest absolute Gasteiger partial charge is 0.338 e. The van der Waals surface area contributed by atoms with Gasteiger partial charge in [0.2, 0.25) is 21.7 Å². The number of benzene rings is 2. The van der Waals surface area contributed by atoms with Crippen molar-refractivity contribution in [3.63, 3.8) is 0 Å². The number of sulfonamides is 1. The lowest BCUT2D eigenvalue weighted by Gasteiger charge is -2.08. The summed E-state index contributed by atoms with van der Waals surface area (Å²) in [6.45, 7) is 3.46. The first-order chi connectivity index (χ1) is 13.3. The molecule has 28 heavy (non-hydrogen) atoms. The van der Waals surface area contributed by atoms with E-state index in [2.05, 4.69) is 19.6 Å². The average molecular weight is 401 g/mol. The van der Waals surface area contributed by atoms with Crippen LogP contribution < -0.4 is 4.72 Å². The van der Waals surface area contributed by atoms with Crippen molar-refractivity contribution in [3.8, 4) is 11.4 Å². The van der Waals surface area contributed by atoms with Crippen LogP contribution in [-0.2, 0) is 21.3 Å². The number of nitrogens with one attached hydrogen (secondary N) is 1. The maximum atomic E-state index is 12.5. The van der Waals surface area contributed by atoms with E-state index in [1.54, 1.807) is 13.0 Å². The minimum absolute atomic E-state index is 0.0584. The minimum atomic E-state index is -3.89. The van der Waals surface area contributed by atoms with Crippen LogP contribution in [0, 0.1) is 13.8 Å². The molecule has 0 saturated carbocycles. The van der Waals surface area contributed by atoms with Crippen LogP contribution in [-0.4, -0.2) is 31.6 Å². The highest BCUT2D eigenvalue weighted by atomic mass is 32.2. The Balaban J connectivity index is 1.76. The molecule has 0 fully saturated rings. The fourth-order valence-corrected chi connectivity index (χ4v) is 3.57. The Bertz CT molecular complexity index is 1120. The van der Waals surface area contributed by atoms with Crippen LogP contribution in [0.3, 0.4) is 0 Å². The van der Waals surface area contributed by atoms with Gasteiger partial charge >= 0.3 is 5.97 Å². The zero-order chi connectivity index (χ0) is 20.3. The van der Waals surface area contributed by atoms with Crippen LogP contribution in [0.15, 0.2) is 51.9 Å². The summed E-state index contributed by atoms with van der Waals surface area (Å²) in [5.41, 5.74) is 2.62. The lowest BCUT2D eigenvalue weighted by molar-refractivity contribution is 0.0599. The predicted molar refractivity (Wildman–Crippen MR) is 101 cm³/mol. The van der Waals surface area contributed by atoms with Gasteiger partial charge in [-0.25, -0.2) is 17.9 Å². The third-order valence-electron chi connectivity index (χ3n) is 4.08. The van der Waals surface area contributed by atoms with Crippen molar-refractivity contribution in [2.75, 3.05) is 7.11 Å². The molecular weight excluding hydrogens is 382 g/mol. The molecule has 0 aliphatic heterocycles. The standard InChI is InChI=1S/C19H19N3O5S/c1-12-5-4-6-14(9-12)18-21-17(27-22-18)11-20-28(24,25)15-8-7-13(2)16(10-15)19(23)26-3/h4-10,20H,11H2,1-3H3. The number of esters is 1. The van der Waals surface area contributed by atoms with E-state index >= 15 is 0 Å². The maximum absolute atomic E-state index is 12.5. The van der Waals surface area contributed by atoms with Crippen LogP contribution in [0.5, 0.6) is 0 Å². The van der Waals surface area contributed by atoms with Crippen LogP contribution in [0.25, 0.3) is 11.4 Å². The minimum Gasteiger partial charge on any atom is -0.465 e. The lowest BCUT2D eigenvalue weighted by Crippen LogP contribution is -2.24. The van der Waals surface area contributed by atoms with Crippen molar-refractivity contribution >= 4 is 16.0 Å². The summed E-state index contributed by atoms with van der Waals surface area (Å²) >= 11 is 0. The van der Waals surface area contributed by atoms with Gasteiger partial charge in [0.15, 0.2) is 0 Å². The first-order valence-corrected chi connectivity index (χ1v) is 9.87. The molecule has 9 heteroatoms. The third kappa shape index (κ3) is 4.26. The fourth-order valence-electron chi connectivity index (χ4n) is 2.57. The molecule has 0 unspecified atom stereocenters. The summed E-state index contributed by atoms with van der Waals surface area (Å²) < 4.78 is 37.3. The first-order valence-electron chi connectivity index (χ1n) is 8.38. The van der Waals surface area contributed by atoms with E-state index in [9.17, 15) is 13.2 Å². The normalized spacial score (nSPS) is 11.4. The van der Waals surface area contributed by atoms with E-state index in [4.69, 9.17) is 4.52 Å². The lowest BCUT2D eigenvalue weighted by atomic mass is 10.1. The fraction of sp³-hybridized carbons (Fsp3) is 0.211. The molecule has 1 aromatic heterocycles. The Labute approximate surface area is 162 Å². The molecule has 0 saturated heterocycles. The molecule has 0 aliphatic carbocycles. The van der Waals surface area contributed by atoms with Gasteiger partial charge in [0.1, 0.15) is 0 Å². The number of aryl methyl sites for hydroxylation is 2. The molecule has 0 bridgehead atoms. The van der Waals surface area contributed by atoms with E-state index in [0.29, 0.717) is 11.4 Å². The molecule has 8 nitrogen and oxygen atoms in total. The Morgan fingerprint density at radius 1 is 1.18 bits per heavy atom. The SMILES string of the molecule is COC(=O)c1cc(S(=O)(=O)NCc2nc(-c3cccc(C)c3)no2)ccc1C. The second-order valence-corrected chi connectivity index (χ2v) is 7.94. The summed E-state index contributed by atoms with van der Waals surface area (Å²) in [6.07, 6.45) is 0. The van der Waals surface area contributed by atoms with Gasteiger partial charge in [0, 0.05) is 5.56 Å². The van der Waals surface area contributed by atoms with E-state index in [1.165, 1.54) is 19.2 Å². The molecule has 3 rings (SSSR count). The van der Waals surface area contributed by atoms with Crippen LogP contribution in [0.2, 0.25) is 0 Å². The highest BCUT2D eigenvalue weighted by Crippen LogP contribution is 2.19. The summed E-state index contributed by atoms with van der Waals surface area (Å²) in [7, 11) is -2.65. The quantitative estimate of drug-likeness (QED) is 0.632. The number of carbonyl (C=O) groups excluding carboxylic acids is 1. The second-order valence-electron chi connectivity index (χ2n) is 6.17. The summed E-state index contributed by atoms with van der Waals surface area (Å²) in [5.74, 6) is -0.101. The van der Waals surface area contributed by atoms with Crippen molar-refractivity contribution in [1.82, 2.24) is 14.9 Å². The van der Waals surface area contributed by atoms with E-state index in [-0.39, 0.29) is 22.9 Å². The summed E-state index contributed by atoms with van der Waals surface area (Å²) in [5, 5.41) is 3.88. The molecule has 2 aromatic carbocycles. The van der Waals surface area contributed by atoms with Crippen molar-refractivity contribution in [3.05, 3.63) is 65.0 Å². The van der Waals surface area contributed by atoms with E-state index in [1.807, 2.05) is 31.2 Å². The zero-order valence-electron chi connectivity index (χ0n) is 15.6. The molecule has 0 amide bonds. The van der Waals surface area contributed by atoms with E-state index in [0.717, 1.165) is 11.1 Å². The predicted octanol–water partition coefficient (Wildman–Crippen LogP) is 2.62. The number of rotatable bonds is 6. The van der Waals surface area contributed by atoms with Crippen molar-refractivity contribution in [2.24, 2.45) is 0 Å². The van der Waals surface area contributed by atoms with Crippen LogP contribution in [0.4, 0.5) is 0 Å². The highest BCUT2D eigenvalue weighted by molar-refractivity contribution is 7.89. The first kappa shape index (κ1) is 19.7.